The first kappa shape index (κ1) is 18.2. The van der Waals surface area contributed by atoms with Gasteiger partial charge in [0.1, 0.15) is 0 Å². The van der Waals surface area contributed by atoms with Crippen molar-refractivity contribution < 1.29 is 24.5 Å². The molecular formula is C20H28O5. The lowest BCUT2D eigenvalue weighted by atomic mass is 9.46. The summed E-state index contributed by atoms with van der Waals surface area (Å²) in [6.07, 6.45) is 5.96. The topological polar surface area (TPSA) is 83.8 Å². The van der Waals surface area contributed by atoms with Crippen LogP contribution in [0.4, 0.5) is 0 Å². The van der Waals surface area contributed by atoms with Gasteiger partial charge in [0, 0.05) is 5.57 Å². The van der Waals surface area contributed by atoms with Crippen LogP contribution in [0.25, 0.3) is 0 Å². The van der Waals surface area contributed by atoms with E-state index in [-0.39, 0.29) is 17.3 Å². The van der Waals surface area contributed by atoms with Gasteiger partial charge in [-0.2, -0.15) is 0 Å². The Hall–Kier alpha value is -1.62. The van der Waals surface area contributed by atoms with Crippen molar-refractivity contribution >= 4 is 11.9 Å². The van der Waals surface area contributed by atoms with E-state index in [1.165, 1.54) is 11.6 Å². The molecule has 1 heterocycles. The van der Waals surface area contributed by atoms with Crippen molar-refractivity contribution in [1.29, 1.82) is 0 Å². The molecule has 0 spiro atoms. The predicted octanol–water partition coefficient (Wildman–Crippen LogP) is 3.43. The highest BCUT2D eigenvalue weighted by molar-refractivity contribution is 5.90. The predicted molar refractivity (Wildman–Crippen MR) is 92.5 cm³/mol. The number of fused-ring (bicyclic) bond motifs is 1. The monoisotopic (exact) mass is 348 g/mol. The SMILES string of the molecule is C=C1CC[C@@H]2[C@](C)(CCC[C@]2(C)C(=O)O)[C@H]1CCC1=C[C@H](O)OC1=O. The van der Waals surface area contributed by atoms with E-state index in [2.05, 4.69) is 13.5 Å². The van der Waals surface area contributed by atoms with Crippen molar-refractivity contribution in [2.24, 2.45) is 22.7 Å². The first-order valence-electron chi connectivity index (χ1n) is 9.19. The molecule has 0 amide bonds. The summed E-state index contributed by atoms with van der Waals surface area (Å²) in [6.45, 7) is 8.38. The van der Waals surface area contributed by atoms with Crippen LogP contribution in [0.2, 0.25) is 0 Å². The zero-order chi connectivity index (χ0) is 18.4. The zero-order valence-electron chi connectivity index (χ0n) is 15.1. The minimum absolute atomic E-state index is 0.109. The Morgan fingerprint density at radius 1 is 1.40 bits per heavy atom. The molecule has 5 heteroatoms. The van der Waals surface area contributed by atoms with Crippen molar-refractivity contribution in [3.63, 3.8) is 0 Å². The third kappa shape index (κ3) is 2.92. The quantitative estimate of drug-likeness (QED) is 0.601. The summed E-state index contributed by atoms with van der Waals surface area (Å²) in [5.74, 6) is -0.831. The number of allylic oxidation sites excluding steroid dienone is 1. The number of cyclic esters (lactones) is 1. The molecular weight excluding hydrogens is 320 g/mol. The molecule has 138 valence electrons. The standard InChI is InChI=1S/C20H28O5/c1-12-5-8-15-19(2,9-4-10-20(15,3)18(23)24)14(12)7-6-13-11-16(21)25-17(13)22/h11,14-16,21H,1,4-10H2,2-3H3,(H,23,24)/t14-,15+,16+,19+,20-/m0/s1. The lowest BCUT2D eigenvalue weighted by Gasteiger charge is -2.57. The third-order valence-corrected chi connectivity index (χ3v) is 7.04. The lowest BCUT2D eigenvalue weighted by molar-refractivity contribution is -0.164. The Balaban J connectivity index is 1.83. The fraction of sp³-hybridized carbons (Fsp3) is 0.700. The van der Waals surface area contributed by atoms with Crippen LogP contribution in [-0.2, 0) is 14.3 Å². The largest absolute Gasteiger partial charge is 0.481 e. The average Bonchev–Trinajstić information content (AvgIpc) is 2.84. The maximum atomic E-state index is 12.0. The summed E-state index contributed by atoms with van der Waals surface area (Å²) < 4.78 is 4.76. The second-order valence-electron chi connectivity index (χ2n) is 8.41. The number of aliphatic hydroxyl groups excluding tert-OH is 1. The van der Waals surface area contributed by atoms with Gasteiger partial charge < -0.3 is 14.9 Å². The summed E-state index contributed by atoms with van der Waals surface area (Å²) in [5, 5.41) is 19.3. The maximum absolute atomic E-state index is 12.0. The highest BCUT2D eigenvalue weighted by Gasteiger charge is 2.57. The van der Waals surface area contributed by atoms with Crippen molar-refractivity contribution in [2.45, 2.75) is 65.1 Å². The second-order valence-corrected chi connectivity index (χ2v) is 8.41. The smallest absolute Gasteiger partial charge is 0.336 e. The molecule has 0 aromatic rings. The van der Waals surface area contributed by atoms with Crippen LogP contribution in [0, 0.1) is 22.7 Å². The van der Waals surface area contributed by atoms with Crippen LogP contribution in [0.15, 0.2) is 23.8 Å². The van der Waals surface area contributed by atoms with Crippen molar-refractivity contribution in [1.82, 2.24) is 0 Å². The average molecular weight is 348 g/mol. The van der Waals surface area contributed by atoms with Crippen LogP contribution in [-0.4, -0.2) is 28.4 Å². The van der Waals surface area contributed by atoms with E-state index in [1.807, 2.05) is 6.92 Å². The fourth-order valence-electron chi connectivity index (χ4n) is 5.68. The van der Waals surface area contributed by atoms with Crippen LogP contribution in [0.3, 0.4) is 0 Å². The second kappa shape index (κ2) is 6.27. The number of esters is 1. The number of carboxylic acids is 1. The summed E-state index contributed by atoms with van der Waals surface area (Å²) in [7, 11) is 0. The Morgan fingerprint density at radius 2 is 2.12 bits per heavy atom. The molecule has 0 saturated heterocycles. The molecule has 25 heavy (non-hydrogen) atoms. The number of hydrogen-bond donors (Lipinski definition) is 2. The minimum Gasteiger partial charge on any atom is -0.481 e. The summed E-state index contributed by atoms with van der Waals surface area (Å²) in [6, 6.07) is 0. The van der Waals surface area contributed by atoms with Crippen LogP contribution >= 0.6 is 0 Å². The molecule has 0 aromatic carbocycles. The molecule has 0 bridgehead atoms. The Kier molecular flexibility index (Phi) is 4.56. The van der Waals surface area contributed by atoms with Gasteiger partial charge >= 0.3 is 11.9 Å². The first-order valence-corrected chi connectivity index (χ1v) is 9.19. The highest BCUT2D eigenvalue weighted by Crippen LogP contribution is 2.62. The number of carboxylic acid groups (broad SMARTS) is 1. The number of carbonyl (C=O) groups excluding carboxylic acids is 1. The molecule has 5 atom stereocenters. The third-order valence-electron chi connectivity index (χ3n) is 7.04. The molecule has 0 radical (unpaired) electrons. The van der Waals surface area contributed by atoms with Gasteiger partial charge in [0.15, 0.2) is 0 Å². The van der Waals surface area contributed by atoms with E-state index >= 15 is 0 Å². The van der Waals surface area contributed by atoms with E-state index < -0.39 is 23.6 Å². The fourth-order valence-corrected chi connectivity index (χ4v) is 5.68. The summed E-state index contributed by atoms with van der Waals surface area (Å²) in [5.41, 5.74) is 0.888. The maximum Gasteiger partial charge on any atom is 0.336 e. The van der Waals surface area contributed by atoms with E-state index in [0.29, 0.717) is 12.0 Å². The van der Waals surface area contributed by atoms with Crippen molar-refractivity contribution in [2.75, 3.05) is 0 Å². The van der Waals surface area contributed by atoms with Gasteiger partial charge in [-0.15, -0.1) is 0 Å². The van der Waals surface area contributed by atoms with Crippen LogP contribution < -0.4 is 0 Å². The van der Waals surface area contributed by atoms with E-state index in [0.717, 1.165) is 38.5 Å². The normalized spacial score (nSPS) is 41.1. The van der Waals surface area contributed by atoms with Gasteiger partial charge in [-0.05, 0) is 68.8 Å². The van der Waals surface area contributed by atoms with Crippen molar-refractivity contribution in [3.8, 4) is 0 Å². The Morgan fingerprint density at radius 3 is 2.72 bits per heavy atom. The van der Waals surface area contributed by atoms with E-state index in [9.17, 15) is 19.8 Å². The summed E-state index contributed by atoms with van der Waals surface area (Å²) >= 11 is 0. The van der Waals surface area contributed by atoms with Gasteiger partial charge in [0.25, 0.3) is 0 Å². The molecule has 3 aliphatic rings. The van der Waals surface area contributed by atoms with E-state index in [4.69, 9.17) is 4.74 Å². The molecule has 2 aliphatic carbocycles. The molecule has 2 fully saturated rings. The molecule has 0 aromatic heterocycles. The molecule has 0 unspecified atom stereocenters. The number of hydrogen-bond acceptors (Lipinski definition) is 4. The number of carbonyl (C=O) groups is 2. The Bertz CT molecular complexity index is 636. The van der Waals surface area contributed by atoms with Gasteiger partial charge in [0.05, 0.1) is 5.41 Å². The number of aliphatic carboxylic acids is 1. The zero-order valence-corrected chi connectivity index (χ0v) is 15.1. The molecule has 1 aliphatic heterocycles. The first-order chi connectivity index (χ1) is 11.7. The molecule has 3 rings (SSSR count). The number of rotatable bonds is 4. The van der Waals surface area contributed by atoms with Gasteiger partial charge in [-0.3, -0.25) is 4.79 Å². The van der Waals surface area contributed by atoms with Gasteiger partial charge in [0.2, 0.25) is 6.29 Å². The molecule has 5 nitrogen and oxygen atoms in total. The molecule has 2 saturated carbocycles. The lowest BCUT2D eigenvalue weighted by Crippen LogP contribution is -2.53. The summed E-state index contributed by atoms with van der Waals surface area (Å²) in [4.78, 5) is 23.7. The van der Waals surface area contributed by atoms with Crippen LogP contribution in [0.5, 0.6) is 0 Å². The number of ether oxygens (including phenoxy) is 1. The van der Waals surface area contributed by atoms with Crippen molar-refractivity contribution in [3.05, 3.63) is 23.8 Å². The number of aliphatic hydroxyl groups is 1. The van der Waals surface area contributed by atoms with Gasteiger partial charge in [-0.25, -0.2) is 4.79 Å². The van der Waals surface area contributed by atoms with E-state index in [1.54, 1.807) is 0 Å². The molecule has 2 N–H and O–H groups in total. The van der Waals surface area contributed by atoms with Crippen LogP contribution in [0.1, 0.15) is 58.8 Å². The van der Waals surface area contributed by atoms with Gasteiger partial charge in [-0.1, -0.05) is 25.5 Å². The Labute approximate surface area is 148 Å². The highest BCUT2D eigenvalue weighted by atomic mass is 16.6. The minimum atomic E-state index is -1.13.